The summed E-state index contributed by atoms with van der Waals surface area (Å²) >= 11 is 0. The number of hydrogen-bond donors (Lipinski definition) is 1. The van der Waals surface area contributed by atoms with E-state index < -0.39 is 5.60 Å². The summed E-state index contributed by atoms with van der Waals surface area (Å²) in [5.74, 6) is 0.525. The van der Waals surface area contributed by atoms with Gasteiger partial charge in [-0.3, -0.25) is 4.98 Å². The molecular formula is C15H14N2O2. The second kappa shape index (κ2) is 5.09. The van der Waals surface area contributed by atoms with Gasteiger partial charge in [0.25, 0.3) is 0 Å². The van der Waals surface area contributed by atoms with Gasteiger partial charge < -0.3 is 9.84 Å². The zero-order valence-electron chi connectivity index (χ0n) is 10.8. The molecule has 1 unspecified atom stereocenters. The van der Waals surface area contributed by atoms with Gasteiger partial charge in [0.2, 0.25) is 0 Å². The molecule has 0 saturated heterocycles. The molecule has 4 heteroatoms. The highest BCUT2D eigenvalue weighted by atomic mass is 16.5. The maximum Gasteiger partial charge on any atom is 0.143 e. The van der Waals surface area contributed by atoms with E-state index in [0.717, 1.165) is 0 Å². The molecule has 96 valence electrons. The van der Waals surface area contributed by atoms with E-state index >= 15 is 0 Å². The van der Waals surface area contributed by atoms with Crippen LogP contribution in [0.15, 0.2) is 42.6 Å². The third kappa shape index (κ3) is 2.42. The van der Waals surface area contributed by atoms with Crippen molar-refractivity contribution in [1.82, 2.24) is 4.98 Å². The minimum atomic E-state index is -1.28. The van der Waals surface area contributed by atoms with Gasteiger partial charge in [-0.1, -0.05) is 12.1 Å². The second-order valence-corrected chi connectivity index (χ2v) is 4.32. The average Bonchev–Trinajstić information content (AvgIpc) is 2.47. The number of hydrogen-bond acceptors (Lipinski definition) is 4. The lowest BCUT2D eigenvalue weighted by Crippen LogP contribution is -2.25. The summed E-state index contributed by atoms with van der Waals surface area (Å²) in [5, 5.41) is 19.5. The number of methoxy groups -OCH3 is 1. The number of benzene rings is 1. The van der Waals surface area contributed by atoms with Crippen LogP contribution in [-0.4, -0.2) is 17.2 Å². The van der Waals surface area contributed by atoms with Crippen LogP contribution in [0.2, 0.25) is 0 Å². The molecule has 1 heterocycles. The maximum atomic E-state index is 10.7. The monoisotopic (exact) mass is 254 g/mol. The summed E-state index contributed by atoms with van der Waals surface area (Å²) in [6.45, 7) is 1.65. The van der Waals surface area contributed by atoms with Crippen LogP contribution < -0.4 is 4.74 Å². The largest absolute Gasteiger partial charge is 0.495 e. The number of nitriles is 1. The number of aromatic nitrogens is 1. The van der Waals surface area contributed by atoms with Crippen molar-refractivity contribution in [3.05, 3.63) is 59.4 Å². The molecule has 0 aliphatic carbocycles. The smallest absolute Gasteiger partial charge is 0.143 e. The Morgan fingerprint density at radius 2 is 1.95 bits per heavy atom. The Balaban J connectivity index is 2.48. The molecule has 0 amide bonds. The van der Waals surface area contributed by atoms with Gasteiger partial charge in [-0.05, 0) is 36.8 Å². The second-order valence-electron chi connectivity index (χ2n) is 4.32. The van der Waals surface area contributed by atoms with E-state index in [1.807, 2.05) is 6.07 Å². The molecular weight excluding hydrogens is 240 g/mol. The standard InChI is InChI=1S/C15H14N2O2/c1-15(18,12-7-5-11(10-16)6-8-12)14-13(19-2)4-3-9-17-14/h3-9,18H,1-2H3. The van der Waals surface area contributed by atoms with Crippen LogP contribution in [0.5, 0.6) is 5.75 Å². The normalized spacial score (nSPS) is 13.4. The molecule has 0 aliphatic heterocycles. The van der Waals surface area contributed by atoms with Gasteiger partial charge in [0.1, 0.15) is 17.0 Å². The predicted octanol–water partition coefficient (Wildman–Crippen LogP) is 2.22. The van der Waals surface area contributed by atoms with E-state index in [4.69, 9.17) is 10.00 Å². The fourth-order valence-corrected chi connectivity index (χ4v) is 1.93. The number of ether oxygens (including phenoxy) is 1. The molecule has 0 radical (unpaired) electrons. The van der Waals surface area contributed by atoms with Crippen LogP contribution in [0, 0.1) is 11.3 Å². The van der Waals surface area contributed by atoms with Crippen LogP contribution in [0.1, 0.15) is 23.7 Å². The van der Waals surface area contributed by atoms with Crippen molar-refractivity contribution in [1.29, 1.82) is 5.26 Å². The van der Waals surface area contributed by atoms with E-state index in [9.17, 15) is 5.11 Å². The fourth-order valence-electron chi connectivity index (χ4n) is 1.93. The lowest BCUT2D eigenvalue weighted by molar-refractivity contribution is 0.0939. The molecule has 4 nitrogen and oxygen atoms in total. The maximum absolute atomic E-state index is 10.7. The molecule has 0 saturated carbocycles. The molecule has 0 fully saturated rings. The first-order valence-electron chi connectivity index (χ1n) is 5.82. The highest BCUT2D eigenvalue weighted by molar-refractivity contribution is 5.41. The van der Waals surface area contributed by atoms with Crippen LogP contribution in [-0.2, 0) is 5.60 Å². The number of nitrogens with zero attached hydrogens (tertiary/aromatic N) is 2. The Kier molecular flexibility index (Phi) is 3.50. The molecule has 2 aromatic rings. The first-order valence-corrected chi connectivity index (χ1v) is 5.82. The number of rotatable bonds is 3. The van der Waals surface area contributed by atoms with Crippen molar-refractivity contribution >= 4 is 0 Å². The van der Waals surface area contributed by atoms with Crippen LogP contribution in [0.3, 0.4) is 0 Å². The van der Waals surface area contributed by atoms with Crippen LogP contribution >= 0.6 is 0 Å². The Morgan fingerprint density at radius 1 is 1.26 bits per heavy atom. The molecule has 1 atom stereocenters. The van der Waals surface area contributed by atoms with Gasteiger partial charge in [0.15, 0.2) is 0 Å². The summed E-state index contributed by atoms with van der Waals surface area (Å²) in [7, 11) is 1.54. The van der Waals surface area contributed by atoms with Gasteiger partial charge in [0, 0.05) is 6.20 Å². The third-order valence-corrected chi connectivity index (χ3v) is 3.03. The zero-order valence-corrected chi connectivity index (χ0v) is 10.8. The lowest BCUT2D eigenvalue weighted by Gasteiger charge is -2.25. The number of aliphatic hydroxyl groups is 1. The molecule has 0 bridgehead atoms. The van der Waals surface area contributed by atoms with Crippen molar-refractivity contribution in [2.24, 2.45) is 0 Å². The van der Waals surface area contributed by atoms with Crippen molar-refractivity contribution < 1.29 is 9.84 Å². The summed E-state index contributed by atoms with van der Waals surface area (Å²) in [4.78, 5) is 4.20. The zero-order chi connectivity index (χ0) is 13.9. The lowest BCUT2D eigenvalue weighted by atomic mass is 9.91. The molecule has 1 N–H and O–H groups in total. The van der Waals surface area contributed by atoms with Crippen LogP contribution in [0.25, 0.3) is 0 Å². The molecule has 0 spiro atoms. The molecule has 19 heavy (non-hydrogen) atoms. The molecule has 0 aliphatic rings. The minimum absolute atomic E-state index is 0.446. The summed E-state index contributed by atoms with van der Waals surface area (Å²) in [6, 6.07) is 12.3. The van der Waals surface area contributed by atoms with Gasteiger partial charge in [-0.2, -0.15) is 5.26 Å². The van der Waals surface area contributed by atoms with E-state index in [1.54, 1.807) is 49.5 Å². The van der Waals surface area contributed by atoms with Gasteiger partial charge >= 0.3 is 0 Å². The average molecular weight is 254 g/mol. The highest BCUT2D eigenvalue weighted by Crippen LogP contribution is 2.33. The van der Waals surface area contributed by atoms with E-state index in [-0.39, 0.29) is 0 Å². The van der Waals surface area contributed by atoms with Crippen molar-refractivity contribution in [3.63, 3.8) is 0 Å². The molecule has 2 rings (SSSR count). The van der Waals surface area contributed by atoms with Gasteiger partial charge in [0.05, 0.1) is 18.7 Å². The highest BCUT2D eigenvalue weighted by Gasteiger charge is 2.30. The Hall–Kier alpha value is -2.38. The quantitative estimate of drug-likeness (QED) is 0.912. The minimum Gasteiger partial charge on any atom is -0.495 e. The van der Waals surface area contributed by atoms with Crippen molar-refractivity contribution in [2.75, 3.05) is 7.11 Å². The summed E-state index contributed by atoms with van der Waals surface area (Å²) < 4.78 is 5.22. The fraction of sp³-hybridized carbons (Fsp3) is 0.200. The van der Waals surface area contributed by atoms with Gasteiger partial charge in [-0.15, -0.1) is 0 Å². The SMILES string of the molecule is COc1cccnc1C(C)(O)c1ccc(C#N)cc1. The Labute approximate surface area is 111 Å². The Bertz CT molecular complexity index is 613. The number of pyridine rings is 1. The first-order chi connectivity index (χ1) is 9.09. The molecule has 1 aromatic heterocycles. The van der Waals surface area contributed by atoms with Crippen molar-refractivity contribution in [2.45, 2.75) is 12.5 Å². The predicted molar refractivity (Wildman–Crippen MR) is 70.6 cm³/mol. The van der Waals surface area contributed by atoms with Crippen molar-refractivity contribution in [3.8, 4) is 11.8 Å². The third-order valence-electron chi connectivity index (χ3n) is 3.03. The first kappa shape index (κ1) is 13.1. The van der Waals surface area contributed by atoms with Gasteiger partial charge in [-0.25, -0.2) is 0 Å². The topological polar surface area (TPSA) is 66.1 Å². The Morgan fingerprint density at radius 3 is 2.53 bits per heavy atom. The van der Waals surface area contributed by atoms with E-state index in [0.29, 0.717) is 22.6 Å². The summed E-state index contributed by atoms with van der Waals surface area (Å²) in [6.07, 6.45) is 1.61. The van der Waals surface area contributed by atoms with E-state index in [1.165, 1.54) is 7.11 Å². The summed E-state index contributed by atoms with van der Waals surface area (Å²) in [5.41, 5.74) is 0.374. The molecule has 1 aromatic carbocycles. The van der Waals surface area contributed by atoms with Crippen LogP contribution in [0.4, 0.5) is 0 Å². The van der Waals surface area contributed by atoms with E-state index in [2.05, 4.69) is 4.98 Å².